The average molecular weight is 1050 g/mol. The van der Waals surface area contributed by atoms with Gasteiger partial charge >= 0.3 is 0 Å². The second-order valence-electron chi connectivity index (χ2n) is 20.8. The average Bonchev–Trinajstić information content (AvgIpc) is 4.33. The Morgan fingerprint density at radius 1 is 0.244 bits per heavy atom. The van der Waals surface area contributed by atoms with Gasteiger partial charge in [-0.25, -0.2) is 0 Å². The van der Waals surface area contributed by atoms with E-state index in [0.29, 0.717) is 0 Å². The predicted molar refractivity (Wildman–Crippen MR) is 346 cm³/mol. The molecule has 16 aromatic rings. The Labute approximate surface area is 475 Å². The Morgan fingerprint density at radius 3 is 1.21 bits per heavy atom. The number of para-hydroxylation sites is 2. The van der Waals surface area contributed by atoms with Crippen molar-refractivity contribution in [2.75, 3.05) is 10.2 Å². The molecule has 4 heteroatoms. The van der Waals surface area contributed by atoms with Crippen LogP contribution in [0.1, 0.15) is 0 Å². The van der Waals surface area contributed by atoms with Crippen LogP contribution < -0.4 is 10.2 Å². The second-order valence-corrected chi connectivity index (χ2v) is 20.8. The summed E-state index contributed by atoms with van der Waals surface area (Å²) in [4.78, 5) is 2.36. The molecule has 0 saturated heterocycles. The van der Waals surface area contributed by atoms with Crippen molar-refractivity contribution in [3.05, 3.63) is 309 Å². The highest BCUT2D eigenvalue weighted by Crippen LogP contribution is 2.45. The van der Waals surface area contributed by atoms with Gasteiger partial charge in [0.05, 0.1) is 22.1 Å². The molecule has 0 aliphatic heterocycles. The third-order valence-electron chi connectivity index (χ3n) is 15.9. The van der Waals surface area contributed by atoms with Crippen LogP contribution in [0.25, 0.3) is 121 Å². The van der Waals surface area contributed by atoms with E-state index in [0.717, 1.165) is 72.3 Å². The summed E-state index contributed by atoms with van der Waals surface area (Å²) in [5.74, 6) is 0. The van der Waals surface area contributed by atoms with Crippen LogP contribution in [0.15, 0.2) is 318 Å². The highest BCUT2D eigenvalue weighted by Gasteiger charge is 2.21. The van der Waals surface area contributed by atoms with Crippen LogP contribution >= 0.6 is 0 Å². The van der Waals surface area contributed by atoms with Gasteiger partial charge in [0, 0.05) is 27.8 Å². The van der Waals surface area contributed by atoms with Crippen molar-refractivity contribution < 1.29 is 8.83 Å². The Kier molecular flexibility index (Phi) is 12.2. The van der Waals surface area contributed by atoms with E-state index in [1.54, 1.807) is 0 Å². The molecule has 0 unspecified atom stereocenters. The fourth-order valence-electron chi connectivity index (χ4n) is 12.1. The smallest absolute Gasteiger partial charge is 0.137 e. The van der Waals surface area contributed by atoms with E-state index in [-0.39, 0.29) is 0 Å². The summed E-state index contributed by atoms with van der Waals surface area (Å²) in [6.45, 7) is 0. The molecule has 2 aromatic heterocycles. The van der Waals surface area contributed by atoms with E-state index >= 15 is 0 Å². The number of hydrogen-bond acceptors (Lipinski definition) is 4. The normalized spacial score (nSPS) is 11.4. The van der Waals surface area contributed by atoms with Gasteiger partial charge in [-0.3, -0.25) is 0 Å². The molecule has 0 spiro atoms. The van der Waals surface area contributed by atoms with Gasteiger partial charge < -0.3 is 19.1 Å². The molecular weight excluding hydrogens is 997 g/mol. The third-order valence-corrected chi connectivity index (χ3v) is 15.9. The minimum absolute atomic E-state index is 0.872. The van der Waals surface area contributed by atoms with Gasteiger partial charge in [-0.15, -0.1) is 0 Å². The van der Waals surface area contributed by atoms with Gasteiger partial charge in [-0.1, -0.05) is 237 Å². The maximum atomic E-state index is 6.37. The van der Waals surface area contributed by atoms with Crippen molar-refractivity contribution in [3.8, 4) is 44.5 Å². The van der Waals surface area contributed by atoms with Crippen LogP contribution in [0, 0.1) is 0 Å². The number of nitrogens with one attached hydrogen (secondary N) is 1. The molecule has 14 aromatic carbocycles. The molecule has 2 heterocycles. The van der Waals surface area contributed by atoms with E-state index in [1.165, 1.54) is 76.8 Å². The Bertz CT molecular complexity index is 4980. The summed E-state index contributed by atoms with van der Waals surface area (Å²) in [5.41, 5.74) is 18.6. The third kappa shape index (κ3) is 8.76. The maximum absolute atomic E-state index is 6.37. The first-order chi connectivity index (χ1) is 40.7. The zero-order valence-corrected chi connectivity index (χ0v) is 44.7. The van der Waals surface area contributed by atoms with Gasteiger partial charge in [0.2, 0.25) is 0 Å². The van der Waals surface area contributed by atoms with E-state index < -0.39 is 0 Å². The summed E-state index contributed by atoms with van der Waals surface area (Å²) in [5, 5.41) is 15.6. The molecule has 0 bridgehead atoms. The molecular formula is C78H52N2O2. The summed E-state index contributed by atoms with van der Waals surface area (Å²) < 4.78 is 12.4. The monoisotopic (exact) mass is 1050 g/mol. The number of anilines is 5. The lowest BCUT2D eigenvalue weighted by Gasteiger charge is -2.27. The molecule has 386 valence electrons. The van der Waals surface area contributed by atoms with Crippen LogP contribution in [0.3, 0.4) is 0 Å². The number of rotatable bonds is 9. The summed E-state index contributed by atoms with van der Waals surface area (Å²) in [6.07, 6.45) is 0. The first-order valence-electron chi connectivity index (χ1n) is 27.9. The molecule has 4 nitrogen and oxygen atoms in total. The number of fused-ring (bicyclic) bond motifs is 9. The molecule has 0 amide bonds. The predicted octanol–water partition coefficient (Wildman–Crippen LogP) is 22.5. The van der Waals surface area contributed by atoms with E-state index in [2.05, 4.69) is 277 Å². The number of hydrogen-bond donors (Lipinski definition) is 1. The fourth-order valence-corrected chi connectivity index (χ4v) is 12.1. The summed E-state index contributed by atoms with van der Waals surface area (Å²) in [7, 11) is 0. The summed E-state index contributed by atoms with van der Waals surface area (Å²) in [6, 6.07) is 110. The van der Waals surface area contributed by atoms with Crippen molar-refractivity contribution in [2.24, 2.45) is 0 Å². The van der Waals surface area contributed by atoms with Crippen molar-refractivity contribution >= 4 is 105 Å². The van der Waals surface area contributed by atoms with Gasteiger partial charge in [0.1, 0.15) is 22.3 Å². The molecule has 0 aliphatic carbocycles. The second kappa shape index (κ2) is 20.7. The van der Waals surface area contributed by atoms with Crippen LogP contribution in [0.4, 0.5) is 28.4 Å². The van der Waals surface area contributed by atoms with Gasteiger partial charge in [-0.2, -0.15) is 0 Å². The van der Waals surface area contributed by atoms with Crippen molar-refractivity contribution in [1.29, 1.82) is 0 Å². The minimum atomic E-state index is 0.872. The minimum Gasteiger partial charge on any atom is -0.456 e. The zero-order chi connectivity index (χ0) is 54.3. The zero-order valence-electron chi connectivity index (χ0n) is 44.7. The van der Waals surface area contributed by atoms with E-state index in [9.17, 15) is 0 Å². The van der Waals surface area contributed by atoms with Crippen molar-refractivity contribution in [2.45, 2.75) is 0 Å². The molecule has 16 rings (SSSR count). The van der Waals surface area contributed by atoms with Gasteiger partial charge in [0.25, 0.3) is 0 Å². The standard InChI is InChI=1S/C50H33NO.C28H19NO/c1-2-12-35(13-3-1)43-21-9-16-38-17-10-22-44(49(38)43)37-28-32-40(33-29-37)51(46-23-11-25-48-50(46)45-19-6-7-24-47(45)52-48)39-30-26-36(27-31-39)42-20-8-15-34-14-4-5-18-41(34)42;1-2-9-22-19(7-1)8-5-11-23(22)20-15-17-21(18-16-20)29-25-12-6-14-27-28(25)24-10-3-4-13-26(24)30-27/h1-33H;1-18,29H. The number of nitrogens with zero attached hydrogens (tertiary/aromatic N) is 1. The lowest BCUT2D eigenvalue weighted by molar-refractivity contribution is 0.668. The highest BCUT2D eigenvalue weighted by atomic mass is 16.3. The SMILES string of the molecule is c1ccc(-c2cccc3cccc(-c4ccc(N(c5ccc(-c6cccc7ccccc67)cc5)c5cccc6oc7ccccc7c56)cc4)c23)cc1.c1ccc2c(-c3ccc(Nc4cccc5oc6ccccc6c45)cc3)cccc2c1. The number of furan rings is 2. The fraction of sp³-hybridized carbons (Fsp3) is 0. The molecule has 0 radical (unpaired) electrons. The molecule has 1 N–H and O–H groups in total. The van der Waals surface area contributed by atoms with Crippen LogP contribution in [0.2, 0.25) is 0 Å². The lowest BCUT2D eigenvalue weighted by atomic mass is 9.91. The maximum Gasteiger partial charge on any atom is 0.137 e. The van der Waals surface area contributed by atoms with Crippen LogP contribution in [-0.4, -0.2) is 0 Å². The molecule has 0 atom stereocenters. The van der Waals surface area contributed by atoms with Gasteiger partial charge in [-0.05, 0) is 150 Å². The molecule has 0 fully saturated rings. The molecule has 0 saturated carbocycles. The first-order valence-corrected chi connectivity index (χ1v) is 27.9. The summed E-state index contributed by atoms with van der Waals surface area (Å²) >= 11 is 0. The van der Waals surface area contributed by atoms with Crippen molar-refractivity contribution in [3.63, 3.8) is 0 Å². The Hall–Kier alpha value is -10.9. The van der Waals surface area contributed by atoms with Crippen LogP contribution in [-0.2, 0) is 0 Å². The number of benzene rings is 14. The van der Waals surface area contributed by atoms with Gasteiger partial charge in [0.15, 0.2) is 0 Å². The Balaban J connectivity index is 0.000000162. The molecule has 82 heavy (non-hydrogen) atoms. The quantitative estimate of drug-likeness (QED) is 0.156. The lowest BCUT2D eigenvalue weighted by Crippen LogP contribution is -2.10. The first kappa shape index (κ1) is 48.2. The highest BCUT2D eigenvalue weighted by molar-refractivity contribution is 6.14. The molecule has 0 aliphatic rings. The van der Waals surface area contributed by atoms with E-state index in [4.69, 9.17) is 8.83 Å². The van der Waals surface area contributed by atoms with Crippen LogP contribution in [0.5, 0.6) is 0 Å². The van der Waals surface area contributed by atoms with Crippen molar-refractivity contribution in [1.82, 2.24) is 0 Å². The largest absolute Gasteiger partial charge is 0.456 e. The topological polar surface area (TPSA) is 41.6 Å². The van der Waals surface area contributed by atoms with E-state index in [1.807, 2.05) is 42.5 Å². The Morgan fingerprint density at radius 2 is 0.634 bits per heavy atom.